The summed E-state index contributed by atoms with van der Waals surface area (Å²) >= 11 is 1.71. The molecule has 0 aliphatic carbocycles. The van der Waals surface area contributed by atoms with Crippen molar-refractivity contribution in [2.75, 3.05) is 16.9 Å². The van der Waals surface area contributed by atoms with Crippen LogP contribution in [0.15, 0.2) is 42.5 Å². The van der Waals surface area contributed by atoms with Crippen LogP contribution in [-0.4, -0.2) is 23.6 Å². The predicted molar refractivity (Wildman–Crippen MR) is 102 cm³/mol. The van der Waals surface area contributed by atoms with Gasteiger partial charge in [-0.2, -0.15) is 0 Å². The zero-order valence-electron chi connectivity index (χ0n) is 13.8. The maximum absolute atomic E-state index is 13.2. The number of benzene rings is 2. The molecule has 3 rings (SSSR count). The van der Waals surface area contributed by atoms with Crippen molar-refractivity contribution in [2.45, 2.75) is 19.6 Å². The number of aryl methyl sites for hydroxylation is 1. The summed E-state index contributed by atoms with van der Waals surface area (Å²) in [7, 11) is 0. The van der Waals surface area contributed by atoms with Gasteiger partial charge in [0.1, 0.15) is 18.2 Å². The van der Waals surface area contributed by atoms with Gasteiger partial charge in [-0.15, -0.1) is 24.2 Å². The van der Waals surface area contributed by atoms with Crippen LogP contribution < -0.4 is 15.4 Å². The van der Waals surface area contributed by atoms with Gasteiger partial charge in [-0.05, 0) is 48.4 Å². The van der Waals surface area contributed by atoms with Gasteiger partial charge in [-0.1, -0.05) is 12.1 Å². The SMILES string of the molecule is Cc1cc(OCc2cccc(F)c2)ccc1NC(=O)C1CSCN1.Cl. The average molecular weight is 383 g/mol. The molecule has 2 aromatic rings. The summed E-state index contributed by atoms with van der Waals surface area (Å²) in [6.07, 6.45) is 0. The number of ether oxygens (including phenoxy) is 1. The zero-order chi connectivity index (χ0) is 16.9. The maximum Gasteiger partial charge on any atom is 0.242 e. The van der Waals surface area contributed by atoms with Crippen LogP contribution in [-0.2, 0) is 11.4 Å². The molecule has 7 heteroatoms. The van der Waals surface area contributed by atoms with Gasteiger partial charge in [0.2, 0.25) is 5.91 Å². The van der Waals surface area contributed by atoms with Crippen molar-refractivity contribution >= 4 is 35.8 Å². The Kier molecular flexibility index (Phi) is 7.11. The van der Waals surface area contributed by atoms with Crippen molar-refractivity contribution in [1.82, 2.24) is 5.32 Å². The molecule has 1 heterocycles. The second-order valence-electron chi connectivity index (χ2n) is 5.66. The zero-order valence-corrected chi connectivity index (χ0v) is 15.4. The average Bonchev–Trinajstić information content (AvgIpc) is 3.10. The lowest BCUT2D eigenvalue weighted by molar-refractivity contribution is -0.117. The number of hydrogen-bond acceptors (Lipinski definition) is 4. The van der Waals surface area contributed by atoms with Crippen molar-refractivity contribution in [2.24, 2.45) is 0 Å². The summed E-state index contributed by atoms with van der Waals surface area (Å²) in [5, 5.41) is 6.09. The van der Waals surface area contributed by atoms with E-state index in [1.807, 2.05) is 25.1 Å². The van der Waals surface area contributed by atoms with Gasteiger partial charge < -0.3 is 10.1 Å². The van der Waals surface area contributed by atoms with E-state index in [1.165, 1.54) is 12.1 Å². The number of carbonyl (C=O) groups excluding carboxylic acids is 1. The lowest BCUT2D eigenvalue weighted by atomic mass is 10.1. The van der Waals surface area contributed by atoms with Crippen LogP contribution in [0, 0.1) is 12.7 Å². The molecule has 25 heavy (non-hydrogen) atoms. The second-order valence-corrected chi connectivity index (χ2v) is 6.69. The maximum atomic E-state index is 13.2. The highest BCUT2D eigenvalue weighted by Crippen LogP contribution is 2.23. The number of amides is 1. The minimum atomic E-state index is -0.274. The molecule has 1 atom stereocenters. The monoisotopic (exact) mass is 382 g/mol. The highest BCUT2D eigenvalue weighted by Gasteiger charge is 2.22. The van der Waals surface area contributed by atoms with E-state index in [-0.39, 0.29) is 30.2 Å². The molecule has 4 nitrogen and oxygen atoms in total. The first-order valence-electron chi connectivity index (χ1n) is 7.72. The van der Waals surface area contributed by atoms with Gasteiger partial charge in [-0.3, -0.25) is 10.1 Å². The van der Waals surface area contributed by atoms with Gasteiger partial charge in [0.05, 0.1) is 6.04 Å². The summed E-state index contributed by atoms with van der Waals surface area (Å²) in [5.74, 6) is 1.99. The van der Waals surface area contributed by atoms with Crippen LogP contribution in [0.25, 0.3) is 0 Å². The van der Waals surface area contributed by atoms with E-state index in [9.17, 15) is 9.18 Å². The number of anilines is 1. The normalized spacial score (nSPS) is 16.2. The highest BCUT2D eigenvalue weighted by atomic mass is 35.5. The van der Waals surface area contributed by atoms with Crippen molar-refractivity contribution in [3.8, 4) is 5.75 Å². The molecule has 1 fully saturated rings. The predicted octanol–water partition coefficient (Wildman–Crippen LogP) is 3.74. The molecule has 1 saturated heterocycles. The lowest BCUT2D eigenvalue weighted by Gasteiger charge is -2.14. The minimum absolute atomic E-state index is 0. The Labute approximate surface area is 156 Å². The Balaban J connectivity index is 0.00000225. The molecule has 1 amide bonds. The van der Waals surface area contributed by atoms with Gasteiger partial charge in [0.25, 0.3) is 0 Å². The summed E-state index contributed by atoms with van der Waals surface area (Å²) < 4.78 is 18.8. The van der Waals surface area contributed by atoms with E-state index in [2.05, 4.69) is 10.6 Å². The number of hydrogen-bond donors (Lipinski definition) is 2. The molecule has 0 radical (unpaired) electrons. The molecule has 0 aromatic heterocycles. The number of nitrogens with one attached hydrogen (secondary N) is 2. The molecule has 1 aliphatic rings. The third-order valence-corrected chi connectivity index (χ3v) is 4.72. The minimum Gasteiger partial charge on any atom is -0.489 e. The van der Waals surface area contributed by atoms with Crippen LogP contribution in [0.4, 0.5) is 10.1 Å². The highest BCUT2D eigenvalue weighted by molar-refractivity contribution is 7.99. The van der Waals surface area contributed by atoms with Crippen LogP contribution in [0.2, 0.25) is 0 Å². The summed E-state index contributed by atoms with van der Waals surface area (Å²) in [4.78, 5) is 12.1. The summed E-state index contributed by atoms with van der Waals surface area (Å²) in [6.45, 7) is 2.22. The summed E-state index contributed by atoms with van der Waals surface area (Å²) in [6, 6.07) is 11.7. The van der Waals surface area contributed by atoms with Crippen molar-refractivity contribution in [3.05, 3.63) is 59.4 Å². The third-order valence-electron chi connectivity index (χ3n) is 3.78. The van der Waals surface area contributed by atoms with Crippen LogP contribution >= 0.6 is 24.2 Å². The fourth-order valence-corrected chi connectivity index (χ4v) is 3.38. The number of halogens is 2. The third kappa shape index (κ3) is 5.36. The molecular weight excluding hydrogens is 363 g/mol. The van der Waals surface area contributed by atoms with Crippen molar-refractivity contribution < 1.29 is 13.9 Å². The molecule has 2 aromatic carbocycles. The van der Waals surface area contributed by atoms with E-state index in [0.717, 1.165) is 28.4 Å². The van der Waals surface area contributed by atoms with Gasteiger partial charge in [0, 0.05) is 17.3 Å². The largest absolute Gasteiger partial charge is 0.489 e. The smallest absolute Gasteiger partial charge is 0.242 e. The number of rotatable bonds is 5. The molecular formula is C18H20ClFN2O2S. The lowest BCUT2D eigenvalue weighted by Crippen LogP contribution is -2.37. The van der Waals surface area contributed by atoms with Crippen LogP contribution in [0.3, 0.4) is 0 Å². The Morgan fingerprint density at radius 2 is 2.20 bits per heavy atom. The first-order chi connectivity index (χ1) is 11.6. The van der Waals surface area contributed by atoms with Gasteiger partial charge >= 0.3 is 0 Å². The van der Waals surface area contributed by atoms with E-state index >= 15 is 0 Å². The summed E-state index contributed by atoms with van der Waals surface area (Å²) in [5.41, 5.74) is 2.47. The first-order valence-corrected chi connectivity index (χ1v) is 8.87. The van der Waals surface area contributed by atoms with E-state index in [0.29, 0.717) is 12.4 Å². The second kappa shape index (κ2) is 9.08. The molecule has 134 valence electrons. The van der Waals surface area contributed by atoms with E-state index in [1.54, 1.807) is 23.9 Å². The van der Waals surface area contributed by atoms with Crippen molar-refractivity contribution in [3.63, 3.8) is 0 Å². The molecule has 0 bridgehead atoms. The van der Waals surface area contributed by atoms with Crippen LogP contribution in [0.5, 0.6) is 5.75 Å². The number of carbonyl (C=O) groups is 1. The van der Waals surface area contributed by atoms with Crippen molar-refractivity contribution in [1.29, 1.82) is 0 Å². The quantitative estimate of drug-likeness (QED) is 0.827. The fourth-order valence-electron chi connectivity index (χ4n) is 2.44. The van der Waals surface area contributed by atoms with Gasteiger partial charge in [0.15, 0.2) is 0 Å². The fraction of sp³-hybridized carbons (Fsp3) is 0.278. The topological polar surface area (TPSA) is 50.4 Å². The van der Waals surface area contributed by atoms with Crippen LogP contribution in [0.1, 0.15) is 11.1 Å². The standard InChI is InChI=1S/C18H19FN2O2S.ClH/c1-12-7-15(23-9-13-3-2-4-14(19)8-13)5-6-16(12)21-18(22)17-10-24-11-20-17;/h2-8,17,20H,9-11H2,1H3,(H,21,22);1H. The molecule has 1 aliphatic heterocycles. The van der Waals surface area contributed by atoms with E-state index in [4.69, 9.17) is 4.74 Å². The Morgan fingerprint density at radius 3 is 2.88 bits per heavy atom. The molecule has 0 saturated carbocycles. The Bertz CT molecular complexity index is 739. The molecule has 2 N–H and O–H groups in total. The Morgan fingerprint density at radius 1 is 1.36 bits per heavy atom. The van der Waals surface area contributed by atoms with Gasteiger partial charge in [-0.25, -0.2) is 4.39 Å². The number of thioether (sulfide) groups is 1. The molecule has 1 unspecified atom stereocenters. The van der Waals surface area contributed by atoms with E-state index < -0.39 is 0 Å². The Hall–Kier alpha value is -1.76. The molecule has 0 spiro atoms. The first kappa shape index (κ1) is 19.6.